The summed E-state index contributed by atoms with van der Waals surface area (Å²) in [6.45, 7) is 5.07. The average Bonchev–Trinajstić information content (AvgIpc) is 3.10. The molecule has 1 amide bonds. The first-order chi connectivity index (χ1) is 14.8. The third-order valence-corrected chi connectivity index (χ3v) is 6.74. The number of nitrogens with one attached hydrogen (secondary N) is 1. The summed E-state index contributed by atoms with van der Waals surface area (Å²) in [7, 11) is -0.544. The number of hydrogen-bond acceptors (Lipinski definition) is 5. The summed E-state index contributed by atoms with van der Waals surface area (Å²) in [6.07, 6.45) is 0.674. The lowest BCUT2D eigenvalue weighted by Gasteiger charge is -2.11. The van der Waals surface area contributed by atoms with E-state index in [-0.39, 0.29) is 17.2 Å². The van der Waals surface area contributed by atoms with Crippen LogP contribution in [0.4, 0.5) is 5.69 Å². The molecule has 0 aliphatic rings. The summed E-state index contributed by atoms with van der Waals surface area (Å²) >= 11 is 0. The molecule has 0 saturated carbocycles. The largest absolute Gasteiger partial charge is 0.492 e. The molecule has 166 valence electrons. The minimum Gasteiger partial charge on any atom is -0.492 e. The van der Waals surface area contributed by atoms with E-state index in [0.717, 1.165) is 11.3 Å². The van der Waals surface area contributed by atoms with Gasteiger partial charge >= 0.3 is 0 Å². The number of fused-ring (bicyclic) bond motifs is 1. The molecule has 0 unspecified atom stereocenters. The third kappa shape index (κ3) is 4.88. The molecule has 3 aromatic rings. The summed E-state index contributed by atoms with van der Waals surface area (Å²) in [5.74, 6) is 1.23. The van der Waals surface area contributed by atoms with Gasteiger partial charge in [-0.15, -0.1) is 0 Å². The number of rotatable bonds is 9. The number of amides is 1. The van der Waals surface area contributed by atoms with Crippen LogP contribution in [0.5, 0.6) is 5.75 Å². The zero-order valence-electron chi connectivity index (χ0n) is 18.3. The van der Waals surface area contributed by atoms with Gasteiger partial charge in [0.15, 0.2) is 0 Å². The highest BCUT2D eigenvalue weighted by molar-refractivity contribution is 7.89. The molecule has 9 heteroatoms. The maximum absolute atomic E-state index is 12.5. The quantitative estimate of drug-likeness (QED) is 0.547. The Kier molecular flexibility index (Phi) is 6.97. The number of benzene rings is 2. The molecule has 3 rings (SSSR count). The fourth-order valence-electron chi connectivity index (χ4n) is 3.36. The van der Waals surface area contributed by atoms with E-state index in [4.69, 9.17) is 4.74 Å². The summed E-state index contributed by atoms with van der Waals surface area (Å²) in [6, 6.07) is 12.3. The van der Waals surface area contributed by atoms with Crippen molar-refractivity contribution in [2.75, 3.05) is 26.0 Å². The molecule has 2 aromatic carbocycles. The molecule has 0 aliphatic carbocycles. The first-order valence-corrected chi connectivity index (χ1v) is 11.6. The monoisotopic (exact) mass is 444 g/mol. The van der Waals surface area contributed by atoms with Crippen LogP contribution in [0.2, 0.25) is 0 Å². The predicted octanol–water partition coefficient (Wildman–Crippen LogP) is 3.28. The molecule has 0 saturated heterocycles. The molecular formula is C22H28N4O4S. The van der Waals surface area contributed by atoms with Gasteiger partial charge in [0.1, 0.15) is 11.6 Å². The summed E-state index contributed by atoms with van der Waals surface area (Å²) in [5, 5.41) is 2.89. The lowest BCUT2D eigenvalue weighted by molar-refractivity contribution is -0.116. The van der Waals surface area contributed by atoms with Gasteiger partial charge in [-0.05, 0) is 44.2 Å². The fraction of sp³-hybridized carbons (Fsp3) is 0.364. The maximum atomic E-state index is 12.5. The van der Waals surface area contributed by atoms with Crippen LogP contribution in [0, 0.1) is 0 Å². The SMILES string of the molecule is CCOc1ccccc1NC(=O)CCc1nc2cc(S(=O)(=O)N(C)C)ccc2n1CC. The average molecular weight is 445 g/mol. The second kappa shape index (κ2) is 9.49. The molecule has 0 aliphatic heterocycles. The number of aromatic nitrogens is 2. The van der Waals surface area contributed by atoms with Crippen LogP contribution in [0.1, 0.15) is 26.1 Å². The van der Waals surface area contributed by atoms with Crippen molar-refractivity contribution in [1.29, 1.82) is 0 Å². The van der Waals surface area contributed by atoms with Gasteiger partial charge < -0.3 is 14.6 Å². The van der Waals surface area contributed by atoms with Gasteiger partial charge in [0.2, 0.25) is 15.9 Å². The number of para-hydroxylation sites is 2. The number of carbonyl (C=O) groups is 1. The number of hydrogen-bond donors (Lipinski definition) is 1. The molecule has 0 radical (unpaired) electrons. The molecule has 0 bridgehead atoms. The standard InChI is InChI=1S/C22H28N4O4S/c1-5-26-19-12-11-16(31(28,29)25(3)4)15-18(19)23-21(26)13-14-22(27)24-17-9-7-8-10-20(17)30-6-2/h7-12,15H,5-6,13-14H2,1-4H3,(H,24,27). The Morgan fingerprint density at radius 2 is 1.90 bits per heavy atom. The van der Waals surface area contributed by atoms with Crippen molar-refractivity contribution in [2.24, 2.45) is 0 Å². The first-order valence-electron chi connectivity index (χ1n) is 10.2. The van der Waals surface area contributed by atoms with E-state index >= 15 is 0 Å². The van der Waals surface area contributed by atoms with Gasteiger partial charge in [0.05, 0.1) is 28.2 Å². The van der Waals surface area contributed by atoms with Crippen LogP contribution in [-0.4, -0.2) is 48.9 Å². The van der Waals surface area contributed by atoms with E-state index in [1.165, 1.54) is 18.4 Å². The van der Waals surface area contributed by atoms with Gasteiger partial charge in [0.25, 0.3) is 0 Å². The normalized spacial score (nSPS) is 11.8. The highest BCUT2D eigenvalue weighted by Gasteiger charge is 2.20. The lowest BCUT2D eigenvalue weighted by atomic mass is 10.2. The van der Waals surface area contributed by atoms with Crippen LogP contribution in [0.25, 0.3) is 11.0 Å². The van der Waals surface area contributed by atoms with Gasteiger partial charge in [-0.3, -0.25) is 4.79 Å². The predicted molar refractivity (Wildman–Crippen MR) is 121 cm³/mol. The van der Waals surface area contributed by atoms with Crippen molar-refractivity contribution < 1.29 is 17.9 Å². The first kappa shape index (κ1) is 22.8. The maximum Gasteiger partial charge on any atom is 0.242 e. The highest BCUT2D eigenvalue weighted by Crippen LogP contribution is 2.25. The summed E-state index contributed by atoms with van der Waals surface area (Å²) in [5.41, 5.74) is 2.08. The Morgan fingerprint density at radius 1 is 1.16 bits per heavy atom. The van der Waals surface area contributed by atoms with Crippen molar-refractivity contribution in [3.8, 4) is 5.75 Å². The van der Waals surface area contributed by atoms with Gasteiger partial charge in [-0.2, -0.15) is 0 Å². The smallest absolute Gasteiger partial charge is 0.242 e. The van der Waals surface area contributed by atoms with Gasteiger partial charge in [-0.25, -0.2) is 17.7 Å². The van der Waals surface area contributed by atoms with Crippen molar-refractivity contribution >= 4 is 32.7 Å². The number of nitrogens with zero attached hydrogens (tertiary/aromatic N) is 3. The number of carbonyl (C=O) groups excluding carboxylic acids is 1. The number of imidazole rings is 1. The zero-order chi connectivity index (χ0) is 22.6. The van der Waals surface area contributed by atoms with Crippen LogP contribution in [0.3, 0.4) is 0 Å². The topological polar surface area (TPSA) is 93.5 Å². The second-order valence-electron chi connectivity index (χ2n) is 7.19. The minimum absolute atomic E-state index is 0.141. The summed E-state index contributed by atoms with van der Waals surface area (Å²) < 4.78 is 33.6. The zero-order valence-corrected chi connectivity index (χ0v) is 19.1. The van der Waals surface area contributed by atoms with Gasteiger partial charge in [-0.1, -0.05) is 12.1 Å². The number of anilines is 1. The van der Waals surface area contributed by atoms with Crippen LogP contribution in [0.15, 0.2) is 47.4 Å². The Balaban J connectivity index is 1.79. The van der Waals surface area contributed by atoms with E-state index in [1.807, 2.05) is 36.6 Å². The molecular weight excluding hydrogens is 416 g/mol. The Morgan fingerprint density at radius 3 is 2.58 bits per heavy atom. The van der Waals surface area contributed by atoms with E-state index in [9.17, 15) is 13.2 Å². The van der Waals surface area contributed by atoms with Crippen molar-refractivity contribution in [3.63, 3.8) is 0 Å². The van der Waals surface area contributed by atoms with Crippen LogP contribution >= 0.6 is 0 Å². The third-order valence-electron chi connectivity index (χ3n) is 4.93. The van der Waals surface area contributed by atoms with Crippen molar-refractivity contribution in [1.82, 2.24) is 13.9 Å². The van der Waals surface area contributed by atoms with Crippen LogP contribution in [-0.2, 0) is 27.8 Å². The van der Waals surface area contributed by atoms with E-state index in [0.29, 0.717) is 36.5 Å². The fourth-order valence-corrected chi connectivity index (χ4v) is 4.29. The molecule has 31 heavy (non-hydrogen) atoms. The number of ether oxygens (including phenoxy) is 1. The highest BCUT2D eigenvalue weighted by atomic mass is 32.2. The molecule has 1 heterocycles. The number of aryl methyl sites for hydroxylation is 2. The van der Waals surface area contributed by atoms with Crippen molar-refractivity contribution in [2.45, 2.75) is 38.1 Å². The molecule has 8 nitrogen and oxygen atoms in total. The van der Waals surface area contributed by atoms with E-state index in [1.54, 1.807) is 24.3 Å². The molecule has 0 fully saturated rings. The Bertz CT molecular complexity index is 1190. The Hall–Kier alpha value is -2.91. The van der Waals surface area contributed by atoms with Crippen molar-refractivity contribution in [3.05, 3.63) is 48.3 Å². The summed E-state index contributed by atoms with van der Waals surface area (Å²) in [4.78, 5) is 17.3. The number of sulfonamides is 1. The van der Waals surface area contributed by atoms with E-state index < -0.39 is 10.0 Å². The van der Waals surface area contributed by atoms with E-state index in [2.05, 4.69) is 10.3 Å². The lowest BCUT2D eigenvalue weighted by Crippen LogP contribution is -2.22. The Labute approximate surface area is 182 Å². The minimum atomic E-state index is -3.54. The van der Waals surface area contributed by atoms with Crippen LogP contribution < -0.4 is 10.1 Å². The second-order valence-corrected chi connectivity index (χ2v) is 9.34. The van der Waals surface area contributed by atoms with Gasteiger partial charge in [0, 0.05) is 33.5 Å². The molecule has 0 spiro atoms. The molecule has 1 aromatic heterocycles. The molecule has 0 atom stereocenters. The molecule has 1 N–H and O–H groups in total.